The Morgan fingerprint density at radius 3 is 2.67 bits per heavy atom. The first-order valence-corrected chi connectivity index (χ1v) is 9.17. The molecule has 2 aliphatic rings. The molecule has 1 amide bonds. The molecule has 0 saturated carbocycles. The fourth-order valence-electron chi connectivity index (χ4n) is 4.44. The second-order valence-electron chi connectivity index (χ2n) is 7.50. The third kappa shape index (κ3) is 2.73. The molecule has 128 valence electrons. The number of amides is 1. The molecule has 2 atom stereocenters. The number of nitrogens with zero attached hydrogens (tertiary/aromatic N) is 3. The average molecular weight is 325 g/mol. The molecule has 2 aromatic rings. The van der Waals surface area contributed by atoms with Crippen molar-refractivity contribution in [2.24, 2.45) is 13.0 Å². The van der Waals surface area contributed by atoms with Gasteiger partial charge in [0.15, 0.2) is 0 Å². The number of hydrogen-bond donors (Lipinski definition) is 0. The van der Waals surface area contributed by atoms with E-state index in [2.05, 4.69) is 47.0 Å². The summed E-state index contributed by atoms with van der Waals surface area (Å²) < 4.78 is 2.14. The molecule has 24 heavy (non-hydrogen) atoms. The molecule has 0 N–H and O–H groups in total. The van der Waals surface area contributed by atoms with Gasteiger partial charge in [-0.25, -0.2) is 0 Å². The fraction of sp³-hybridized carbons (Fsp3) is 0.550. The third-order valence-corrected chi connectivity index (χ3v) is 5.89. The smallest absolute Gasteiger partial charge is 0.227 e. The summed E-state index contributed by atoms with van der Waals surface area (Å²) >= 11 is 0. The van der Waals surface area contributed by atoms with E-state index < -0.39 is 0 Å². The molecule has 2 aliphatic heterocycles. The molecule has 1 aromatic heterocycles. The zero-order chi connectivity index (χ0) is 16.7. The lowest BCUT2D eigenvalue weighted by Gasteiger charge is -2.28. The Kier molecular flexibility index (Phi) is 4.09. The molecule has 0 aliphatic carbocycles. The Labute approximate surface area is 144 Å². The summed E-state index contributed by atoms with van der Waals surface area (Å²) in [5.41, 5.74) is 2.52. The number of fused-ring (bicyclic) bond motifs is 1. The van der Waals surface area contributed by atoms with Crippen LogP contribution in [0.5, 0.6) is 0 Å². The highest BCUT2D eigenvalue weighted by atomic mass is 16.2. The number of benzene rings is 1. The lowest BCUT2D eigenvalue weighted by molar-refractivity contribution is -0.131. The Morgan fingerprint density at radius 2 is 1.88 bits per heavy atom. The van der Waals surface area contributed by atoms with Crippen LogP contribution >= 0.6 is 0 Å². The van der Waals surface area contributed by atoms with Gasteiger partial charge >= 0.3 is 0 Å². The maximum Gasteiger partial charge on any atom is 0.227 e. The van der Waals surface area contributed by atoms with Crippen LogP contribution in [0.2, 0.25) is 0 Å². The lowest BCUT2D eigenvalue weighted by Crippen LogP contribution is -2.36. The number of carbonyl (C=O) groups is 1. The van der Waals surface area contributed by atoms with Crippen molar-refractivity contribution in [3.63, 3.8) is 0 Å². The van der Waals surface area contributed by atoms with Crippen LogP contribution in [0.4, 0.5) is 0 Å². The van der Waals surface area contributed by atoms with Crippen LogP contribution in [0.3, 0.4) is 0 Å². The van der Waals surface area contributed by atoms with Crippen LogP contribution < -0.4 is 0 Å². The normalized spacial score (nSPS) is 25.8. The summed E-state index contributed by atoms with van der Waals surface area (Å²) in [7, 11) is 4.04. The second-order valence-corrected chi connectivity index (χ2v) is 7.50. The van der Waals surface area contributed by atoms with E-state index in [1.54, 1.807) is 0 Å². The highest BCUT2D eigenvalue weighted by Crippen LogP contribution is 2.37. The van der Waals surface area contributed by atoms with E-state index in [4.69, 9.17) is 0 Å². The summed E-state index contributed by atoms with van der Waals surface area (Å²) in [6.45, 7) is 3.26. The van der Waals surface area contributed by atoms with Crippen LogP contribution in [0.25, 0.3) is 10.9 Å². The van der Waals surface area contributed by atoms with E-state index in [0.717, 1.165) is 26.1 Å². The highest BCUT2D eigenvalue weighted by Gasteiger charge is 2.38. The Bertz CT molecular complexity index is 744. The van der Waals surface area contributed by atoms with Crippen LogP contribution in [0.1, 0.15) is 37.3 Å². The maximum atomic E-state index is 12.7. The van der Waals surface area contributed by atoms with Gasteiger partial charge in [-0.15, -0.1) is 0 Å². The van der Waals surface area contributed by atoms with Gasteiger partial charge in [-0.1, -0.05) is 12.5 Å². The summed E-state index contributed by atoms with van der Waals surface area (Å²) in [5, 5.41) is 1.26. The zero-order valence-corrected chi connectivity index (χ0v) is 14.7. The van der Waals surface area contributed by atoms with Gasteiger partial charge in [0.1, 0.15) is 0 Å². The van der Waals surface area contributed by atoms with E-state index in [1.165, 1.54) is 35.7 Å². The number of rotatable bonds is 3. The molecule has 4 nitrogen and oxygen atoms in total. The first-order chi connectivity index (χ1) is 11.6. The molecule has 0 spiro atoms. The molecular weight excluding hydrogens is 298 g/mol. The van der Waals surface area contributed by atoms with Gasteiger partial charge in [0.25, 0.3) is 0 Å². The minimum absolute atomic E-state index is 0.157. The van der Waals surface area contributed by atoms with Crippen molar-refractivity contribution >= 4 is 16.8 Å². The van der Waals surface area contributed by atoms with E-state index in [1.807, 2.05) is 11.9 Å². The van der Waals surface area contributed by atoms with E-state index in [-0.39, 0.29) is 12.0 Å². The van der Waals surface area contributed by atoms with E-state index in [0.29, 0.717) is 5.91 Å². The molecule has 1 unspecified atom stereocenters. The van der Waals surface area contributed by atoms with Crippen molar-refractivity contribution in [1.82, 2.24) is 14.4 Å². The van der Waals surface area contributed by atoms with Gasteiger partial charge in [0.2, 0.25) is 5.91 Å². The quantitative estimate of drug-likeness (QED) is 0.867. The first-order valence-electron chi connectivity index (χ1n) is 9.17. The predicted molar refractivity (Wildman–Crippen MR) is 96.8 cm³/mol. The highest BCUT2D eigenvalue weighted by molar-refractivity contribution is 5.83. The van der Waals surface area contributed by atoms with Gasteiger partial charge in [-0.2, -0.15) is 0 Å². The summed E-state index contributed by atoms with van der Waals surface area (Å²) in [5.74, 6) is 0.475. The minimum Gasteiger partial charge on any atom is -0.351 e. The minimum atomic E-state index is 0.157. The van der Waals surface area contributed by atoms with Crippen molar-refractivity contribution < 1.29 is 4.79 Å². The molecule has 4 heteroatoms. The Balaban J connectivity index is 1.53. The number of likely N-dealkylation sites (tertiary alicyclic amines) is 2. The van der Waals surface area contributed by atoms with Crippen molar-refractivity contribution in [1.29, 1.82) is 0 Å². The molecule has 3 heterocycles. The molecule has 1 aromatic carbocycles. The number of piperidine rings is 1. The summed E-state index contributed by atoms with van der Waals surface area (Å²) in [6, 6.07) is 9.01. The summed E-state index contributed by atoms with van der Waals surface area (Å²) in [6.07, 6.45) is 6.95. The predicted octanol–water partition coefficient (Wildman–Crippen LogP) is 3.18. The van der Waals surface area contributed by atoms with Crippen LogP contribution in [0, 0.1) is 5.92 Å². The zero-order valence-electron chi connectivity index (χ0n) is 14.7. The second kappa shape index (κ2) is 6.25. The van der Waals surface area contributed by atoms with Gasteiger partial charge in [0, 0.05) is 32.4 Å². The number of carbonyl (C=O) groups excluding carboxylic acids is 1. The number of aromatic nitrogens is 1. The van der Waals surface area contributed by atoms with Gasteiger partial charge in [-0.05, 0) is 61.5 Å². The van der Waals surface area contributed by atoms with Crippen LogP contribution in [-0.2, 0) is 11.8 Å². The van der Waals surface area contributed by atoms with Crippen molar-refractivity contribution in [3.05, 3.63) is 36.0 Å². The van der Waals surface area contributed by atoms with E-state index in [9.17, 15) is 4.79 Å². The largest absolute Gasteiger partial charge is 0.351 e. The molecule has 0 bridgehead atoms. The maximum absolute atomic E-state index is 12.7. The Hall–Kier alpha value is -1.81. The molecular formula is C20H27N3O. The van der Waals surface area contributed by atoms with Crippen LogP contribution in [-0.4, -0.2) is 47.0 Å². The molecule has 4 rings (SSSR count). The van der Waals surface area contributed by atoms with Crippen molar-refractivity contribution in [3.8, 4) is 0 Å². The summed E-state index contributed by atoms with van der Waals surface area (Å²) in [4.78, 5) is 17.2. The van der Waals surface area contributed by atoms with Crippen LogP contribution in [0.15, 0.2) is 30.5 Å². The van der Waals surface area contributed by atoms with Crippen molar-refractivity contribution in [2.75, 3.05) is 26.7 Å². The third-order valence-electron chi connectivity index (χ3n) is 5.89. The topological polar surface area (TPSA) is 28.5 Å². The first kappa shape index (κ1) is 15.7. The monoisotopic (exact) mass is 325 g/mol. The number of hydrogen-bond acceptors (Lipinski definition) is 2. The molecule has 2 fully saturated rings. The Morgan fingerprint density at radius 1 is 1.08 bits per heavy atom. The molecule has 2 saturated heterocycles. The average Bonchev–Trinajstić information content (AvgIpc) is 3.11. The number of aryl methyl sites for hydroxylation is 1. The fourth-order valence-corrected chi connectivity index (χ4v) is 4.44. The standard InChI is InChI=1S/C20H27N3O/c1-21-11-8-16-12-15(6-7-18(16)21)19-13-17(20(24)22(19)2)14-23-9-4-3-5-10-23/h6-8,11-12,17,19H,3-5,9-10,13-14H2,1-2H3/t17-,19?/m1/s1. The SMILES string of the molecule is CN1C(=O)[C@@H](CN2CCCCC2)CC1c1ccc2c(ccn2C)c1. The van der Waals surface area contributed by atoms with Gasteiger partial charge in [-0.3, -0.25) is 4.79 Å². The van der Waals surface area contributed by atoms with E-state index >= 15 is 0 Å². The van der Waals surface area contributed by atoms with Crippen molar-refractivity contribution in [2.45, 2.75) is 31.7 Å². The van der Waals surface area contributed by atoms with Gasteiger partial charge in [0.05, 0.1) is 12.0 Å². The lowest BCUT2D eigenvalue weighted by atomic mass is 9.97. The molecule has 0 radical (unpaired) electrons. The van der Waals surface area contributed by atoms with Gasteiger partial charge < -0.3 is 14.4 Å².